The van der Waals surface area contributed by atoms with Gasteiger partial charge in [-0.2, -0.15) is 8.42 Å². The molecule has 0 aliphatic carbocycles. The summed E-state index contributed by atoms with van der Waals surface area (Å²) in [4.78, 5) is 0. The molecule has 0 radical (unpaired) electrons. The number of hydrogen-bond donors (Lipinski definition) is 1. The van der Waals surface area contributed by atoms with Crippen LogP contribution in [0.2, 0.25) is 0 Å². The van der Waals surface area contributed by atoms with Crippen LogP contribution in [0.15, 0.2) is 18.2 Å². The van der Waals surface area contributed by atoms with E-state index in [1.807, 2.05) is 32.0 Å². The van der Waals surface area contributed by atoms with Crippen molar-refractivity contribution >= 4 is 10.1 Å². The predicted octanol–water partition coefficient (Wildman–Crippen LogP) is -1.19. The Hall–Kier alpha value is 0.130. The number of rotatable bonds is 2. The number of aryl methyl sites for hydroxylation is 2. The zero-order valence-corrected chi connectivity index (χ0v) is 11.4. The summed E-state index contributed by atoms with van der Waals surface area (Å²) in [6.45, 7) is 3.65. The van der Waals surface area contributed by atoms with Crippen molar-refractivity contribution in [3.8, 4) is 0 Å². The Balaban J connectivity index is 0. The summed E-state index contributed by atoms with van der Waals surface area (Å²) in [6, 6.07) is 5.51. The standard InChI is InChI=1S/C9H12O3S.Na.H/c1-7-4-3-5-8(2)9(7)6-13(10,11)12;;/h3-5H,6H2,1-2H3,(H,10,11,12);;/q;+1;-1. The molecule has 5 heteroatoms. The molecule has 3 nitrogen and oxygen atoms in total. The van der Waals surface area contributed by atoms with Gasteiger partial charge in [-0.25, -0.2) is 0 Å². The van der Waals surface area contributed by atoms with Crippen LogP contribution in [0.5, 0.6) is 0 Å². The van der Waals surface area contributed by atoms with Gasteiger partial charge in [0, 0.05) is 0 Å². The Bertz CT molecular complexity index is 397. The van der Waals surface area contributed by atoms with E-state index in [4.69, 9.17) is 4.55 Å². The third-order valence-corrected chi connectivity index (χ3v) is 2.62. The molecule has 0 heterocycles. The molecule has 14 heavy (non-hydrogen) atoms. The van der Waals surface area contributed by atoms with Gasteiger partial charge in [-0.3, -0.25) is 4.55 Å². The van der Waals surface area contributed by atoms with E-state index in [9.17, 15) is 8.42 Å². The first-order chi connectivity index (χ1) is 5.90. The second-order valence-electron chi connectivity index (χ2n) is 3.10. The van der Waals surface area contributed by atoms with Crippen molar-refractivity contribution in [3.05, 3.63) is 34.9 Å². The topological polar surface area (TPSA) is 54.4 Å². The first-order valence-electron chi connectivity index (χ1n) is 3.90. The van der Waals surface area contributed by atoms with Crippen LogP contribution in [0.4, 0.5) is 0 Å². The summed E-state index contributed by atoms with van der Waals surface area (Å²) >= 11 is 0. The van der Waals surface area contributed by atoms with E-state index in [1.165, 1.54) is 0 Å². The molecule has 0 atom stereocenters. The van der Waals surface area contributed by atoms with Gasteiger partial charge in [0.2, 0.25) is 0 Å². The quantitative estimate of drug-likeness (QED) is 0.507. The maximum Gasteiger partial charge on any atom is 1.00 e. The van der Waals surface area contributed by atoms with Crippen LogP contribution in [0.3, 0.4) is 0 Å². The van der Waals surface area contributed by atoms with Gasteiger partial charge < -0.3 is 1.43 Å². The van der Waals surface area contributed by atoms with E-state index in [0.717, 1.165) is 11.1 Å². The molecule has 0 bridgehead atoms. The number of benzene rings is 1. The van der Waals surface area contributed by atoms with Crippen molar-refractivity contribution in [1.82, 2.24) is 0 Å². The molecular weight excluding hydrogens is 211 g/mol. The Kier molecular flexibility index (Phi) is 5.33. The van der Waals surface area contributed by atoms with Crippen molar-refractivity contribution in [1.29, 1.82) is 0 Å². The van der Waals surface area contributed by atoms with Crippen molar-refractivity contribution < 1.29 is 44.0 Å². The first kappa shape index (κ1) is 14.1. The molecular formula is C9H13NaO3S. The molecule has 1 aromatic carbocycles. The Morgan fingerprint density at radius 2 is 1.71 bits per heavy atom. The summed E-state index contributed by atoms with van der Waals surface area (Å²) in [6.07, 6.45) is 0. The second kappa shape index (κ2) is 5.28. The minimum absolute atomic E-state index is 0. The van der Waals surface area contributed by atoms with Crippen LogP contribution in [0, 0.1) is 13.8 Å². The van der Waals surface area contributed by atoms with Crippen LogP contribution >= 0.6 is 0 Å². The third kappa shape index (κ3) is 4.11. The molecule has 1 N–H and O–H groups in total. The van der Waals surface area contributed by atoms with E-state index in [2.05, 4.69) is 0 Å². The summed E-state index contributed by atoms with van der Waals surface area (Å²) in [5.41, 5.74) is 2.46. The van der Waals surface area contributed by atoms with E-state index in [0.29, 0.717) is 5.56 Å². The van der Waals surface area contributed by atoms with Gasteiger partial charge >= 0.3 is 29.6 Å². The van der Waals surface area contributed by atoms with Crippen molar-refractivity contribution in [2.45, 2.75) is 19.6 Å². The Labute approximate surface area is 108 Å². The fourth-order valence-corrected chi connectivity index (χ4v) is 2.08. The van der Waals surface area contributed by atoms with Gasteiger partial charge in [-0.1, -0.05) is 18.2 Å². The first-order valence-corrected chi connectivity index (χ1v) is 5.51. The van der Waals surface area contributed by atoms with Gasteiger partial charge in [0.05, 0.1) is 0 Å². The molecule has 74 valence electrons. The van der Waals surface area contributed by atoms with Crippen molar-refractivity contribution in [2.75, 3.05) is 0 Å². The monoisotopic (exact) mass is 224 g/mol. The van der Waals surface area contributed by atoms with Gasteiger partial charge in [-0.05, 0) is 30.5 Å². The molecule has 1 rings (SSSR count). The van der Waals surface area contributed by atoms with E-state index >= 15 is 0 Å². The maximum absolute atomic E-state index is 10.7. The van der Waals surface area contributed by atoms with Crippen LogP contribution in [0.25, 0.3) is 0 Å². The SMILES string of the molecule is Cc1cccc(C)c1CS(=O)(=O)O.[H-].[Na+]. The minimum atomic E-state index is -3.92. The van der Waals surface area contributed by atoms with Gasteiger partial charge in [0.15, 0.2) is 0 Å². The fourth-order valence-electron chi connectivity index (χ4n) is 1.26. The largest absolute Gasteiger partial charge is 1.00 e. The molecule has 0 saturated carbocycles. The van der Waals surface area contributed by atoms with E-state index in [1.54, 1.807) is 0 Å². The Morgan fingerprint density at radius 3 is 2.07 bits per heavy atom. The van der Waals surface area contributed by atoms with Crippen LogP contribution < -0.4 is 29.6 Å². The summed E-state index contributed by atoms with van der Waals surface area (Å²) in [5.74, 6) is -0.300. The van der Waals surface area contributed by atoms with Crippen molar-refractivity contribution in [2.24, 2.45) is 0 Å². The molecule has 1 aromatic rings. The molecule has 0 amide bonds. The third-order valence-electron chi connectivity index (χ3n) is 1.97. The predicted molar refractivity (Wildman–Crippen MR) is 52.3 cm³/mol. The average molecular weight is 224 g/mol. The van der Waals surface area contributed by atoms with Gasteiger partial charge in [0.25, 0.3) is 10.1 Å². The Morgan fingerprint density at radius 1 is 1.29 bits per heavy atom. The van der Waals surface area contributed by atoms with Gasteiger partial charge in [-0.15, -0.1) is 0 Å². The molecule has 0 spiro atoms. The van der Waals surface area contributed by atoms with Crippen LogP contribution in [-0.2, 0) is 15.9 Å². The number of hydrogen-bond acceptors (Lipinski definition) is 2. The molecule has 0 saturated heterocycles. The molecule has 0 aromatic heterocycles. The summed E-state index contributed by atoms with van der Waals surface area (Å²) in [5, 5.41) is 0. The maximum atomic E-state index is 10.7. The average Bonchev–Trinajstić information content (AvgIpc) is 1.95. The normalized spacial score (nSPS) is 10.8. The smallest absolute Gasteiger partial charge is 1.00 e. The van der Waals surface area contributed by atoms with E-state index < -0.39 is 10.1 Å². The zero-order valence-electron chi connectivity index (χ0n) is 9.61. The zero-order chi connectivity index (χ0) is 10.1. The molecule has 0 fully saturated rings. The van der Waals surface area contributed by atoms with Crippen molar-refractivity contribution in [3.63, 3.8) is 0 Å². The molecule has 0 unspecified atom stereocenters. The molecule has 0 aliphatic heterocycles. The second-order valence-corrected chi connectivity index (χ2v) is 4.55. The summed E-state index contributed by atoms with van der Waals surface area (Å²) in [7, 11) is -3.92. The molecule has 0 aliphatic rings. The summed E-state index contributed by atoms with van der Waals surface area (Å²) < 4.78 is 30.0. The van der Waals surface area contributed by atoms with Gasteiger partial charge in [0.1, 0.15) is 5.75 Å². The van der Waals surface area contributed by atoms with Crippen LogP contribution in [-0.4, -0.2) is 13.0 Å². The fraction of sp³-hybridized carbons (Fsp3) is 0.333. The van der Waals surface area contributed by atoms with Crippen LogP contribution in [0.1, 0.15) is 18.1 Å². The minimum Gasteiger partial charge on any atom is -1.00 e. The van der Waals surface area contributed by atoms with E-state index in [-0.39, 0.29) is 36.7 Å².